The van der Waals surface area contributed by atoms with E-state index in [1.165, 1.54) is 0 Å². The zero-order chi connectivity index (χ0) is 6.97. The van der Waals surface area contributed by atoms with Crippen LogP contribution in [0, 0.1) is 0 Å². The highest BCUT2D eigenvalue weighted by Gasteiger charge is 2.13. The van der Waals surface area contributed by atoms with Crippen molar-refractivity contribution in [1.29, 1.82) is 0 Å². The van der Waals surface area contributed by atoms with Crippen LogP contribution in [-0.2, 0) is 0 Å². The summed E-state index contributed by atoms with van der Waals surface area (Å²) >= 11 is 0. The highest BCUT2D eigenvalue weighted by atomic mass is 16.5. The monoisotopic (exact) mass is 137 g/mol. The largest absolute Gasteiger partial charge is 0.506 e. The molecule has 3 heteroatoms. The van der Waals surface area contributed by atoms with Crippen LogP contribution in [-0.4, -0.2) is 11.8 Å². The molecule has 0 atom stereocenters. The fourth-order valence-electron chi connectivity index (χ4n) is 1.00. The van der Waals surface area contributed by atoms with Gasteiger partial charge in [-0.3, -0.25) is 0 Å². The smallest absolute Gasteiger partial charge is 0.159 e. The van der Waals surface area contributed by atoms with E-state index in [4.69, 9.17) is 4.74 Å². The summed E-state index contributed by atoms with van der Waals surface area (Å²) in [6.45, 7) is 0.451. The van der Waals surface area contributed by atoms with E-state index < -0.39 is 0 Å². The minimum atomic E-state index is 0.245. The molecule has 52 valence electrons. The fourth-order valence-corrected chi connectivity index (χ4v) is 1.00. The summed E-state index contributed by atoms with van der Waals surface area (Å²) < 4.78 is 5.11. The summed E-state index contributed by atoms with van der Waals surface area (Å²) in [5.41, 5.74) is 0.697. The van der Waals surface area contributed by atoms with Crippen molar-refractivity contribution in [2.45, 2.75) is 0 Å². The minimum absolute atomic E-state index is 0.245. The predicted octanol–water partition coefficient (Wildman–Crippen LogP) is 1.15. The van der Waals surface area contributed by atoms with Crippen LogP contribution in [0.1, 0.15) is 0 Å². The van der Waals surface area contributed by atoms with Crippen LogP contribution in [0.25, 0.3) is 0 Å². The van der Waals surface area contributed by atoms with Gasteiger partial charge in [-0.15, -0.1) is 0 Å². The third kappa shape index (κ3) is 0.603. The average Bonchev–Trinajstić information content (AvgIpc) is 2.36. The molecule has 2 rings (SSSR count). The van der Waals surface area contributed by atoms with E-state index in [1.807, 2.05) is 6.07 Å². The first-order valence-corrected chi connectivity index (χ1v) is 3.06. The summed E-state index contributed by atoms with van der Waals surface area (Å²) in [7, 11) is 0. The van der Waals surface area contributed by atoms with E-state index >= 15 is 0 Å². The zero-order valence-electron chi connectivity index (χ0n) is 5.29. The minimum Gasteiger partial charge on any atom is -0.506 e. The van der Waals surface area contributed by atoms with Crippen LogP contribution in [0.4, 0.5) is 5.69 Å². The van der Waals surface area contributed by atoms with Gasteiger partial charge in [0.2, 0.25) is 0 Å². The van der Waals surface area contributed by atoms with Gasteiger partial charge in [-0.25, -0.2) is 0 Å². The van der Waals surface area contributed by atoms with Crippen LogP contribution >= 0.6 is 0 Å². The Hall–Kier alpha value is -1.38. The van der Waals surface area contributed by atoms with Crippen molar-refractivity contribution in [3.05, 3.63) is 18.2 Å². The Morgan fingerprint density at radius 3 is 3.20 bits per heavy atom. The summed E-state index contributed by atoms with van der Waals surface area (Å²) in [4.78, 5) is 0. The first kappa shape index (κ1) is 5.41. The van der Waals surface area contributed by atoms with E-state index in [0.29, 0.717) is 12.4 Å². The van der Waals surface area contributed by atoms with Gasteiger partial charge in [0.1, 0.15) is 17.2 Å². The number of phenols is 1. The molecule has 0 amide bonds. The quantitative estimate of drug-likeness (QED) is 0.527. The van der Waals surface area contributed by atoms with E-state index in [-0.39, 0.29) is 5.75 Å². The molecule has 0 bridgehead atoms. The maximum atomic E-state index is 9.19. The Morgan fingerprint density at radius 1 is 1.50 bits per heavy atom. The van der Waals surface area contributed by atoms with Gasteiger partial charge in [-0.1, -0.05) is 6.07 Å². The molecule has 0 aliphatic carbocycles. The number of nitrogens with one attached hydrogen (secondary N) is 1. The van der Waals surface area contributed by atoms with Gasteiger partial charge in [0, 0.05) is 0 Å². The number of phenolic OH excluding ortho intramolecular Hbond substituents is 1. The van der Waals surface area contributed by atoms with Crippen molar-refractivity contribution in [2.24, 2.45) is 0 Å². The second kappa shape index (κ2) is 1.80. The number of para-hydroxylation sites is 1. The molecule has 0 unspecified atom stereocenters. The lowest BCUT2D eigenvalue weighted by atomic mass is 10.3. The van der Waals surface area contributed by atoms with Crippen LogP contribution in [0.15, 0.2) is 18.2 Å². The first-order chi connectivity index (χ1) is 4.88. The number of rotatable bonds is 0. The molecule has 0 fully saturated rings. The molecular formula is C7H7NO2. The van der Waals surface area contributed by atoms with E-state index in [9.17, 15) is 5.11 Å². The maximum Gasteiger partial charge on any atom is 0.159 e. The van der Waals surface area contributed by atoms with Crippen molar-refractivity contribution in [1.82, 2.24) is 0 Å². The van der Waals surface area contributed by atoms with Crippen molar-refractivity contribution in [3.63, 3.8) is 0 Å². The maximum absolute atomic E-state index is 9.19. The third-order valence-corrected chi connectivity index (χ3v) is 1.48. The Bertz CT molecular complexity index is 260. The molecular weight excluding hydrogens is 130 g/mol. The average molecular weight is 137 g/mol. The van der Waals surface area contributed by atoms with Crippen molar-refractivity contribution in [3.8, 4) is 11.5 Å². The third-order valence-electron chi connectivity index (χ3n) is 1.48. The van der Waals surface area contributed by atoms with Gasteiger partial charge < -0.3 is 15.2 Å². The molecule has 1 aromatic carbocycles. The van der Waals surface area contributed by atoms with E-state index in [0.717, 1.165) is 5.75 Å². The Balaban J connectivity index is 2.59. The van der Waals surface area contributed by atoms with Crippen LogP contribution in [0.5, 0.6) is 11.5 Å². The number of hydrogen-bond acceptors (Lipinski definition) is 3. The molecule has 1 aromatic rings. The predicted molar refractivity (Wildman–Crippen MR) is 37.2 cm³/mol. The summed E-state index contributed by atoms with van der Waals surface area (Å²) in [6.07, 6.45) is 0. The second-order valence-electron chi connectivity index (χ2n) is 2.12. The summed E-state index contributed by atoms with van der Waals surface area (Å²) in [5.74, 6) is 0.968. The molecule has 1 aliphatic heterocycles. The SMILES string of the molecule is Oc1cccc2c1NCO2. The van der Waals surface area contributed by atoms with E-state index in [2.05, 4.69) is 5.32 Å². The highest BCUT2D eigenvalue weighted by Crippen LogP contribution is 2.36. The Morgan fingerprint density at radius 2 is 2.40 bits per heavy atom. The van der Waals surface area contributed by atoms with Gasteiger partial charge in [0.05, 0.1) is 0 Å². The van der Waals surface area contributed by atoms with Gasteiger partial charge in [0.25, 0.3) is 0 Å². The molecule has 1 aliphatic rings. The van der Waals surface area contributed by atoms with E-state index in [1.54, 1.807) is 12.1 Å². The normalized spacial score (nSPS) is 13.6. The van der Waals surface area contributed by atoms with Crippen LogP contribution < -0.4 is 10.1 Å². The van der Waals surface area contributed by atoms with Gasteiger partial charge in [-0.05, 0) is 12.1 Å². The second-order valence-corrected chi connectivity index (χ2v) is 2.12. The van der Waals surface area contributed by atoms with Crippen LogP contribution in [0.2, 0.25) is 0 Å². The zero-order valence-corrected chi connectivity index (χ0v) is 5.29. The molecule has 3 nitrogen and oxygen atoms in total. The van der Waals surface area contributed by atoms with Gasteiger partial charge >= 0.3 is 0 Å². The van der Waals surface area contributed by atoms with Gasteiger partial charge in [-0.2, -0.15) is 0 Å². The number of ether oxygens (including phenoxy) is 1. The fraction of sp³-hybridized carbons (Fsp3) is 0.143. The number of fused-ring (bicyclic) bond motifs is 1. The Kier molecular flexibility index (Phi) is 0.974. The van der Waals surface area contributed by atoms with Crippen molar-refractivity contribution >= 4 is 5.69 Å². The number of hydrogen-bond donors (Lipinski definition) is 2. The highest BCUT2D eigenvalue weighted by molar-refractivity contribution is 5.67. The molecule has 0 saturated heterocycles. The number of aromatic hydroxyl groups is 1. The lowest BCUT2D eigenvalue weighted by Gasteiger charge is -1.97. The summed E-state index contributed by atoms with van der Waals surface area (Å²) in [5, 5.41) is 12.1. The lowest BCUT2D eigenvalue weighted by molar-refractivity contribution is 0.372. The summed E-state index contributed by atoms with van der Waals surface area (Å²) in [6, 6.07) is 5.19. The standard InChI is InChI=1S/C7H7NO2/c9-5-2-1-3-6-7(5)8-4-10-6/h1-3,8-9H,4H2. The Labute approximate surface area is 58.2 Å². The van der Waals surface area contributed by atoms with Crippen molar-refractivity contribution < 1.29 is 9.84 Å². The molecule has 0 radical (unpaired) electrons. The topological polar surface area (TPSA) is 41.5 Å². The van der Waals surface area contributed by atoms with Crippen molar-refractivity contribution in [2.75, 3.05) is 12.0 Å². The molecule has 0 saturated carbocycles. The molecule has 1 heterocycles. The van der Waals surface area contributed by atoms with Crippen LogP contribution in [0.3, 0.4) is 0 Å². The van der Waals surface area contributed by atoms with Gasteiger partial charge in [0.15, 0.2) is 6.73 Å². The molecule has 0 spiro atoms. The number of anilines is 1. The lowest BCUT2D eigenvalue weighted by Crippen LogP contribution is -1.96. The molecule has 10 heavy (non-hydrogen) atoms. The number of benzene rings is 1. The first-order valence-electron chi connectivity index (χ1n) is 3.06. The molecule has 0 aromatic heterocycles. The molecule has 2 N–H and O–H groups in total.